The minimum Gasteiger partial charge on any atom is -0.395 e. The molecule has 0 aromatic carbocycles. The Kier molecular flexibility index (Phi) is 2.66. The Morgan fingerprint density at radius 2 is 2.33 bits per heavy atom. The van der Waals surface area contributed by atoms with Gasteiger partial charge in [0.25, 0.3) is 5.91 Å². The van der Waals surface area contributed by atoms with Crippen LogP contribution in [0.15, 0.2) is 0 Å². The largest absolute Gasteiger partial charge is 0.395 e. The van der Waals surface area contributed by atoms with Gasteiger partial charge in [-0.15, -0.1) is 0 Å². The maximum absolute atomic E-state index is 10.9. The van der Waals surface area contributed by atoms with Gasteiger partial charge in [0.1, 0.15) is 6.54 Å². The molecule has 0 spiro atoms. The molecule has 1 aliphatic heterocycles. The number of carbonyl (C=O) groups excluding carboxylic acids is 2. The van der Waals surface area contributed by atoms with Gasteiger partial charge in [-0.05, 0) is 0 Å². The average molecular weight is 168 g/mol. The monoisotopic (exact) mass is 168 g/mol. The van der Waals surface area contributed by atoms with E-state index in [0.717, 1.165) is 4.90 Å². The van der Waals surface area contributed by atoms with Crippen LogP contribution in [0.1, 0.15) is 6.42 Å². The lowest BCUT2D eigenvalue weighted by Gasteiger charge is -1.99. The molecule has 2 N–H and O–H groups in total. The zero-order valence-corrected chi connectivity index (χ0v) is 6.33. The van der Waals surface area contributed by atoms with E-state index in [-0.39, 0.29) is 25.5 Å². The molecule has 1 fully saturated rings. The summed E-state index contributed by atoms with van der Waals surface area (Å²) in [5, 5.41) is 10.7. The Labute approximate surface area is 69.3 Å². The average Bonchev–Trinajstić information content (AvgIpc) is 2.35. The van der Waals surface area contributed by atoms with Gasteiger partial charge in [-0.3, -0.25) is 4.79 Å². The van der Waals surface area contributed by atoms with Crippen molar-refractivity contribution in [3.05, 3.63) is 0 Å². The van der Waals surface area contributed by atoms with Crippen molar-refractivity contribution in [3.8, 4) is 12.0 Å². The molecule has 0 unspecified atom stereocenters. The number of urea groups is 1. The van der Waals surface area contributed by atoms with Crippen LogP contribution in [-0.4, -0.2) is 35.1 Å². The minimum atomic E-state index is -0.495. The quantitative estimate of drug-likeness (QED) is 0.385. The summed E-state index contributed by atoms with van der Waals surface area (Å²) < 4.78 is 0. The SMILES string of the molecule is O=C1CNC(=O)N1C#CCCO. The fourth-order valence-corrected chi connectivity index (χ4v) is 0.727. The van der Waals surface area contributed by atoms with Crippen LogP contribution in [0.4, 0.5) is 4.79 Å². The topological polar surface area (TPSA) is 69.6 Å². The van der Waals surface area contributed by atoms with Crippen LogP contribution in [0.5, 0.6) is 0 Å². The minimum absolute atomic E-state index is 0.00659. The fraction of sp³-hybridized carbons (Fsp3) is 0.429. The molecule has 12 heavy (non-hydrogen) atoms. The lowest BCUT2D eigenvalue weighted by molar-refractivity contribution is -0.122. The van der Waals surface area contributed by atoms with Crippen molar-refractivity contribution in [2.45, 2.75) is 6.42 Å². The number of aliphatic hydroxyl groups is 1. The third kappa shape index (κ3) is 1.74. The molecule has 1 saturated heterocycles. The molecular formula is C7H8N2O3. The van der Waals surface area contributed by atoms with Crippen molar-refractivity contribution in [2.24, 2.45) is 0 Å². The van der Waals surface area contributed by atoms with Crippen LogP contribution >= 0.6 is 0 Å². The van der Waals surface area contributed by atoms with Crippen LogP contribution in [0, 0.1) is 12.0 Å². The van der Waals surface area contributed by atoms with Crippen LogP contribution in [-0.2, 0) is 4.79 Å². The van der Waals surface area contributed by atoms with Gasteiger partial charge in [0.2, 0.25) is 0 Å². The number of hydrogen-bond donors (Lipinski definition) is 2. The number of aliphatic hydroxyl groups excluding tert-OH is 1. The van der Waals surface area contributed by atoms with Gasteiger partial charge in [-0.2, -0.15) is 4.90 Å². The molecule has 0 bridgehead atoms. The first-order valence-electron chi connectivity index (χ1n) is 3.46. The van der Waals surface area contributed by atoms with Gasteiger partial charge >= 0.3 is 6.03 Å². The second kappa shape index (κ2) is 3.74. The van der Waals surface area contributed by atoms with Crippen LogP contribution in [0.3, 0.4) is 0 Å². The highest BCUT2D eigenvalue weighted by Gasteiger charge is 2.26. The molecule has 5 heteroatoms. The van der Waals surface area contributed by atoms with Gasteiger partial charge in [-0.1, -0.05) is 5.92 Å². The number of nitrogens with one attached hydrogen (secondary N) is 1. The van der Waals surface area contributed by atoms with Crippen molar-refractivity contribution in [1.82, 2.24) is 10.2 Å². The van der Waals surface area contributed by atoms with Crippen molar-refractivity contribution in [1.29, 1.82) is 0 Å². The van der Waals surface area contributed by atoms with Gasteiger partial charge < -0.3 is 10.4 Å². The number of nitrogens with zero attached hydrogens (tertiary/aromatic N) is 1. The molecule has 0 saturated carbocycles. The summed E-state index contributed by atoms with van der Waals surface area (Å²) in [5.41, 5.74) is 0. The van der Waals surface area contributed by atoms with Crippen molar-refractivity contribution in [3.63, 3.8) is 0 Å². The van der Waals surface area contributed by atoms with Crippen LogP contribution in [0.25, 0.3) is 0 Å². The first kappa shape index (κ1) is 8.56. The predicted octanol–water partition coefficient (Wildman–Crippen LogP) is -1.12. The number of rotatable bonds is 1. The molecule has 3 amide bonds. The molecule has 64 valence electrons. The van der Waals surface area contributed by atoms with Crippen LogP contribution in [0.2, 0.25) is 0 Å². The normalized spacial score (nSPS) is 15.6. The van der Waals surface area contributed by atoms with E-state index in [9.17, 15) is 9.59 Å². The number of hydrogen-bond acceptors (Lipinski definition) is 3. The van der Waals surface area contributed by atoms with E-state index in [4.69, 9.17) is 5.11 Å². The van der Waals surface area contributed by atoms with E-state index < -0.39 is 6.03 Å². The highest BCUT2D eigenvalue weighted by Crippen LogP contribution is 1.95. The summed E-state index contributed by atoms with van der Waals surface area (Å²) in [4.78, 5) is 22.5. The van der Waals surface area contributed by atoms with Crippen molar-refractivity contribution in [2.75, 3.05) is 13.2 Å². The number of amides is 3. The summed E-state index contributed by atoms with van der Waals surface area (Å²) >= 11 is 0. The van der Waals surface area contributed by atoms with Crippen molar-refractivity contribution < 1.29 is 14.7 Å². The molecule has 1 aliphatic rings. The second-order valence-electron chi connectivity index (χ2n) is 2.15. The lowest BCUT2D eigenvalue weighted by atomic mass is 10.5. The zero-order chi connectivity index (χ0) is 8.97. The van der Waals surface area contributed by atoms with E-state index in [0.29, 0.717) is 0 Å². The molecule has 5 nitrogen and oxygen atoms in total. The zero-order valence-electron chi connectivity index (χ0n) is 6.33. The van der Waals surface area contributed by atoms with Gasteiger partial charge in [-0.25, -0.2) is 4.79 Å². The Hall–Kier alpha value is -1.54. The summed E-state index contributed by atoms with van der Waals surface area (Å²) in [6, 6.07) is 1.85. The van der Waals surface area contributed by atoms with E-state index >= 15 is 0 Å². The Morgan fingerprint density at radius 3 is 2.83 bits per heavy atom. The summed E-state index contributed by atoms with van der Waals surface area (Å²) in [6.45, 7) is -0.0662. The van der Waals surface area contributed by atoms with E-state index in [1.165, 1.54) is 0 Å². The first-order chi connectivity index (χ1) is 5.75. The Bertz CT molecular complexity index is 248. The molecular weight excluding hydrogens is 160 g/mol. The number of imide groups is 1. The van der Waals surface area contributed by atoms with Gasteiger partial charge in [0.15, 0.2) is 0 Å². The molecule has 0 aromatic rings. The second-order valence-corrected chi connectivity index (χ2v) is 2.15. The smallest absolute Gasteiger partial charge is 0.336 e. The highest BCUT2D eigenvalue weighted by atomic mass is 16.3. The fourth-order valence-electron chi connectivity index (χ4n) is 0.727. The van der Waals surface area contributed by atoms with Gasteiger partial charge in [0.05, 0.1) is 6.61 Å². The number of carbonyl (C=O) groups is 2. The Morgan fingerprint density at radius 1 is 1.58 bits per heavy atom. The summed E-state index contributed by atoms with van der Waals surface area (Å²) in [7, 11) is 0. The molecule has 0 aliphatic carbocycles. The first-order valence-corrected chi connectivity index (χ1v) is 3.46. The van der Waals surface area contributed by atoms with Gasteiger partial charge in [0, 0.05) is 12.5 Å². The third-order valence-corrected chi connectivity index (χ3v) is 1.27. The summed E-state index contributed by atoms with van der Waals surface area (Å²) in [5.74, 6) is 2.13. The van der Waals surface area contributed by atoms with Crippen LogP contribution < -0.4 is 5.32 Å². The maximum Gasteiger partial charge on any atom is 0.336 e. The molecule has 1 heterocycles. The van der Waals surface area contributed by atoms with E-state index in [1.54, 1.807) is 0 Å². The highest BCUT2D eigenvalue weighted by molar-refractivity contribution is 6.03. The molecule has 0 radical (unpaired) electrons. The standard InChI is InChI=1S/C7H8N2O3/c10-4-2-1-3-9-6(11)5-8-7(9)12/h10H,2,4-5H2,(H,8,12). The van der Waals surface area contributed by atoms with E-state index in [1.807, 2.05) is 0 Å². The maximum atomic E-state index is 10.9. The molecule has 0 atom stereocenters. The predicted molar refractivity (Wildman–Crippen MR) is 39.7 cm³/mol. The third-order valence-electron chi connectivity index (χ3n) is 1.27. The molecule has 1 rings (SSSR count). The lowest BCUT2D eigenvalue weighted by Crippen LogP contribution is -2.25. The van der Waals surface area contributed by atoms with Crippen molar-refractivity contribution >= 4 is 11.9 Å². The Balaban J connectivity index is 2.57. The summed E-state index contributed by atoms with van der Waals surface area (Å²) in [6.07, 6.45) is 0.261. The molecule has 0 aromatic heterocycles. The van der Waals surface area contributed by atoms with E-state index in [2.05, 4.69) is 17.3 Å².